The minimum Gasteiger partial charge on any atom is -0.478 e. The van der Waals surface area contributed by atoms with Gasteiger partial charge in [0.25, 0.3) is 0 Å². The number of halogens is 1. The average Bonchev–Trinajstić information content (AvgIpc) is 2.98. The summed E-state index contributed by atoms with van der Waals surface area (Å²) in [6.07, 6.45) is 4.11. The Morgan fingerprint density at radius 3 is 3.00 bits per heavy atom. The molecule has 4 nitrogen and oxygen atoms in total. The van der Waals surface area contributed by atoms with Gasteiger partial charge in [0.1, 0.15) is 5.82 Å². The average molecular weight is 293 g/mol. The van der Waals surface area contributed by atoms with Gasteiger partial charge in [-0.25, -0.2) is 9.18 Å². The number of hydrogen-bond donors (Lipinski definition) is 1. The van der Waals surface area contributed by atoms with Crippen molar-refractivity contribution in [2.45, 2.75) is 38.3 Å². The first-order valence-corrected chi connectivity index (χ1v) is 7.52. The number of fused-ring (bicyclic) bond motifs is 1. The maximum absolute atomic E-state index is 13.8. The number of carbonyl (C=O) groups is 1. The van der Waals surface area contributed by atoms with Crippen LogP contribution in [0.15, 0.2) is 12.1 Å². The molecule has 0 spiro atoms. The number of aromatic carboxylic acids is 1. The highest BCUT2D eigenvalue weighted by Crippen LogP contribution is 2.26. The highest BCUT2D eigenvalue weighted by Gasteiger charge is 2.25. The fraction of sp³-hybridized carbons (Fsp3) is 0.562. The van der Waals surface area contributed by atoms with Crippen LogP contribution in [0.5, 0.6) is 0 Å². The Bertz CT molecular complexity index is 541. The predicted octanol–water partition coefficient (Wildman–Crippen LogP) is 2.45. The fourth-order valence-corrected chi connectivity index (χ4v) is 3.28. The molecule has 1 aromatic rings. The summed E-state index contributed by atoms with van der Waals surface area (Å²) in [6, 6.07) is 2.64. The fourth-order valence-electron chi connectivity index (χ4n) is 3.28. The van der Waals surface area contributed by atoms with Gasteiger partial charge in [-0.05, 0) is 48.9 Å². The van der Waals surface area contributed by atoms with E-state index >= 15 is 0 Å². The number of hydrogen-bond acceptors (Lipinski definition) is 3. The van der Waals surface area contributed by atoms with Gasteiger partial charge in [-0.3, -0.25) is 4.90 Å². The lowest BCUT2D eigenvalue weighted by Crippen LogP contribution is -2.34. The smallest absolute Gasteiger partial charge is 0.336 e. The van der Waals surface area contributed by atoms with E-state index in [-0.39, 0.29) is 11.4 Å². The van der Waals surface area contributed by atoms with Gasteiger partial charge in [0.15, 0.2) is 0 Å². The number of rotatable bonds is 4. The van der Waals surface area contributed by atoms with E-state index in [2.05, 4.69) is 4.90 Å². The molecule has 1 saturated heterocycles. The lowest BCUT2D eigenvalue weighted by molar-refractivity contribution is 0.0691. The molecule has 114 valence electrons. The van der Waals surface area contributed by atoms with Crippen LogP contribution < -0.4 is 0 Å². The molecule has 1 unspecified atom stereocenters. The molecule has 21 heavy (non-hydrogen) atoms. The van der Waals surface area contributed by atoms with Crippen molar-refractivity contribution in [3.63, 3.8) is 0 Å². The molecule has 0 aliphatic carbocycles. The first-order valence-electron chi connectivity index (χ1n) is 7.52. The molecule has 2 aliphatic heterocycles. The molecule has 3 rings (SSSR count). The van der Waals surface area contributed by atoms with Gasteiger partial charge in [-0.2, -0.15) is 0 Å². The lowest BCUT2D eigenvalue weighted by atomic mass is 9.94. The Balaban J connectivity index is 1.71. The van der Waals surface area contributed by atoms with Crippen LogP contribution in [0.4, 0.5) is 4.39 Å². The Hall–Kier alpha value is -1.46. The third kappa shape index (κ3) is 3.09. The molecule has 1 atom stereocenters. The zero-order valence-corrected chi connectivity index (χ0v) is 12.0. The Kier molecular flexibility index (Phi) is 4.22. The molecule has 0 aromatic heterocycles. The van der Waals surface area contributed by atoms with Gasteiger partial charge in [0.2, 0.25) is 0 Å². The number of carboxylic acid groups (broad SMARTS) is 1. The van der Waals surface area contributed by atoms with Crippen LogP contribution in [0.25, 0.3) is 0 Å². The highest BCUT2D eigenvalue weighted by atomic mass is 19.1. The summed E-state index contributed by atoms with van der Waals surface area (Å²) >= 11 is 0. The first kappa shape index (κ1) is 14.5. The number of benzene rings is 1. The Labute approximate surface area is 123 Å². The van der Waals surface area contributed by atoms with Crippen LogP contribution in [-0.2, 0) is 17.7 Å². The van der Waals surface area contributed by atoms with Crippen molar-refractivity contribution in [1.29, 1.82) is 0 Å². The highest BCUT2D eigenvalue weighted by molar-refractivity contribution is 5.89. The van der Waals surface area contributed by atoms with Gasteiger partial charge >= 0.3 is 5.97 Å². The predicted molar refractivity (Wildman–Crippen MR) is 75.9 cm³/mol. The summed E-state index contributed by atoms with van der Waals surface area (Å²) in [5.74, 6) is -1.26. The van der Waals surface area contributed by atoms with E-state index in [1.165, 1.54) is 12.1 Å². The van der Waals surface area contributed by atoms with Gasteiger partial charge in [-0.15, -0.1) is 0 Å². The van der Waals surface area contributed by atoms with Crippen LogP contribution in [-0.4, -0.2) is 41.8 Å². The summed E-state index contributed by atoms with van der Waals surface area (Å²) in [6.45, 7) is 3.02. The van der Waals surface area contributed by atoms with E-state index in [1.807, 2.05) is 0 Å². The molecule has 5 heteroatoms. The van der Waals surface area contributed by atoms with Crippen LogP contribution in [0.1, 0.15) is 40.7 Å². The van der Waals surface area contributed by atoms with Crippen LogP contribution >= 0.6 is 0 Å². The van der Waals surface area contributed by atoms with Gasteiger partial charge in [0.05, 0.1) is 11.7 Å². The summed E-state index contributed by atoms with van der Waals surface area (Å²) < 4.78 is 19.5. The molecule has 1 aromatic carbocycles. The quantitative estimate of drug-likeness (QED) is 0.926. The molecule has 0 radical (unpaired) electrons. The van der Waals surface area contributed by atoms with Gasteiger partial charge in [-0.1, -0.05) is 0 Å². The maximum Gasteiger partial charge on any atom is 0.336 e. The minimum atomic E-state index is -0.979. The van der Waals surface area contributed by atoms with Crippen molar-refractivity contribution < 1.29 is 19.0 Å². The minimum absolute atomic E-state index is 0.230. The molecule has 0 saturated carbocycles. The van der Waals surface area contributed by atoms with Crippen molar-refractivity contribution in [2.24, 2.45) is 0 Å². The zero-order chi connectivity index (χ0) is 14.8. The largest absolute Gasteiger partial charge is 0.478 e. The van der Waals surface area contributed by atoms with Crippen LogP contribution in [0.3, 0.4) is 0 Å². The molecular weight excluding hydrogens is 273 g/mol. The number of ether oxygens (including phenoxy) is 1. The van der Waals surface area contributed by atoms with Crippen molar-refractivity contribution in [3.8, 4) is 0 Å². The standard InChI is InChI=1S/C16H20FNO3/c17-15-4-3-13(16(19)20)14-10-18(8-6-12(14)15)7-5-11-2-1-9-21-11/h3-4,11H,1-2,5-10H2,(H,19,20). The lowest BCUT2D eigenvalue weighted by Gasteiger charge is -2.30. The number of carboxylic acids is 1. The van der Waals surface area contributed by atoms with E-state index in [0.717, 1.165) is 39.0 Å². The summed E-state index contributed by atoms with van der Waals surface area (Å²) in [5, 5.41) is 9.26. The molecule has 0 amide bonds. The van der Waals surface area contributed by atoms with Crippen molar-refractivity contribution in [3.05, 3.63) is 34.6 Å². The maximum atomic E-state index is 13.8. The third-order valence-corrected chi connectivity index (χ3v) is 4.46. The topological polar surface area (TPSA) is 49.8 Å². The Morgan fingerprint density at radius 2 is 2.29 bits per heavy atom. The van der Waals surface area contributed by atoms with Crippen LogP contribution in [0, 0.1) is 5.82 Å². The second kappa shape index (κ2) is 6.12. The van der Waals surface area contributed by atoms with Crippen molar-refractivity contribution >= 4 is 5.97 Å². The SMILES string of the molecule is O=C(O)c1ccc(F)c2c1CN(CCC1CCCO1)CC2. The van der Waals surface area contributed by atoms with Gasteiger partial charge in [0, 0.05) is 26.2 Å². The molecule has 0 bridgehead atoms. The number of nitrogens with zero attached hydrogens (tertiary/aromatic N) is 1. The molecule has 1 fully saturated rings. The normalized spacial score (nSPS) is 22.2. The molecule has 1 N–H and O–H groups in total. The summed E-state index contributed by atoms with van der Waals surface area (Å²) in [7, 11) is 0. The first-order chi connectivity index (χ1) is 10.1. The van der Waals surface area contributed by atoms with E-state index in [1.54, 1.807) is 0 Å². The molecule has 2 aliphatic rings. The van der Waals surface area contributed by atoms with E-state index < -0.39 is 5.97 Å². The zero-order valence-electron chi connectivity index (χ0n) is 12.0. The molecule has 2 heterocycles. The molecular formula is C16H20FNO3. The van der Waals surface area contributed by atoms with Crippen molar-refractivity contribution in [2.75, 3.05) is 19.7 Å². The van der Waals surface area contributed by atoms with Crippen molar-refractivity contribution in [1.82, 2.24) is 4.90 Å². The summed E-state index contributed by atoms with van der Waals surface area (Å²) in [5.41, 5.74) is 1.44. The third-order valence-electron chi connectivity index (χ3n) is 4.46. The van der Waals surface area contributed by atoms with E-state index in [0.29, 0.717) is 30.2 Å². The van der Waals surface area contributed by atoms with E-state index in [4.69, 9.17) is 4.74 Å². The monoisotopic (exact) mass is 293 g/mol. The second-order valence-corrected chi connectivity index (χ2v) is 5.81. The summed E-state index contributed by atoms with van der Waals surface area (Å²) in [4.78, 5) is 13.5. The Morgan fingerprint density at radius 1 is 1.43 bits per heavy atom. The van der Waals surface area contributed by atoms with E-state index in [9.17, 15) is 14.3 Å². The van der Waals surface area contributed by atoms with Gasteiger partial charge < -0.3 is 9.84 Å². The second-order valence-electron chi connectivity index (χ2n) is 5.81. The van der Waals surface area contributed by atoms with Crippen LogP contribution in [0.2, 0.25) is 0 Å².